The lowest BCUT2D eigenvalue weighted by molar-refractivity contribution is 0.282. The van der Waals surface area contributed by atoms with Gasteiger partial charge in [0.2, 0.25) is 0 Å². The van der Waals surface area contributed by atoms with Crippen molar-refractivity contribution in [1.82, 2.24) is 0 Å². The summed E-state index contributed by atoms with van der Waals surface area (Å²) in [5.41, 5.74) is 0. The van der Waals surface area contributed by atoms with Crippen molar-refractivity contribution in [3.05, 3.63) is 0 Å². The summed E-state index contributed by atoms with van der Waals surface area (Å²) in [5.74, 6) is 0. The maximum atomic E-state index is 8.85. The van der Waals surface area contributed by atoms with Crippen LogP contribution in [0.3, 0.4) is 0 Å². The van der Waals surface area contributed by atoms with Crippen molar-refractivity contribution in [3.8, 4) is 0 Å². The summed E-state index contributed by atoms with van der Waals surface area (Å²) in [5, 5.41) is 26.5. The Morgan fingerprint density at radius 3 is 0.750 bits per heavy atom. The van der Waals surface area contributed by atoms with E-state index in [-0.39, 0.29) is 7.92 Å². The van der Waals surface area contributed by atoms with Crippen LogP contribution in [0.4, 0.5) is 0 Å². The summed E-state index contributed by atoms with van der Waals surface area (Å²) in [6.45, 7) is 1.06. The maximum absolute atomic E-state index is 8.85. The number of unbranched alkanes of at least 4 members (excludes halogenated alkanes) is 15. The summed E-state index contributed by atoms with van der Waals surface area (Å²) in [6.07, 6.45) is 27.2. The number of hydrogen-bond donors (Lipinski definition) is 3. The van der Waals surface area contributed by atoms with Gasteiger partial charge in [-0.25, -0.2) is 0 Å². The van der Waals surface area contributed by atoms with Gasteiger partial charge < -0.3 is 15.3 Å². The fourth-order valence-electron chi connectivity index (χ4n) is 3.80. The molecular formula is C24H51O3P. The van der Waals surface area contributed by atoms with Crippen LogP contribution in [0.2, 0.25) is 0 Å². The Bertz CT molecular complexity index is 234. The third-order valence-corrected chi connectivity index (χ3v) is 8.49. The topological polar surface area (TPSA) is 60.7 Å². The van der Waals surface area contributed by atoms with E-state index in [1.165, 1.54) is 115 Å². The molecule has 0 aliphatic carbocycles. The van der Waals surface area contributed by atoms with Crippen molar-refractivity contribution < 1.29 is 15.3 Å². The summed E-state index contributed by atoms with van der Waals surface area (Å²) in [7, 11) is 0.237. The quantitative estimate of drug-likeness (QED) is 0.124. The number of aliphatic hydroxyl groups is 3. The van der Waals surface area contributed by atoms with Gasteiger partial charge in [-0.3, -0.25) is 0 Å². The van der Waals surface area contributed by atoms with Crippen LogP contribution in [0.1, 0.15) is 116 Å². The molecule has 0 aromatic rings. The predicted octanol–water partition coefficient (Wildman–Crippen LogP) is 6.47. The summed E-state index contributed by atoms with van der Waals surface area (Å²) in [6, 6.07) is 0. The van der Waals surface area contributed by atoms with Gasteiger partial charge in [-0.2, -0.15) is 0 Å². The first kappa shape index (κ1) is 28.3. The molecule has 0 saturated carbocycles. The van der Waals surface area contributed by atoms with Gasteiger partial charge in [-0.1, -0.05) is 77.0 Å². The van der Waals surface area contributed by atoms with E-state index in [1.807, 2.05) is 0 Å². The lowest BCUT2D eigenvalue weighted by Crippen LogP contribution is -1.97. The number of hydrogen-bond acceptors (Lipinski definition) is 3. The van der Waals surface area contributed by atoms with E-state index in [2.05, 4.69) is 0 Å². The first-order valence-electron chi connectivity index (χ1n) is 12.4. The fourth-order valence-corrected chi connectivity index (χ4v) is 6.48. The van der Waals surface area contributed by atoms with Crippen molar-refractivity contribution in [3.63, 3.8) is 0 Å². The van der Waals surface area contributed by atoms with E-state index in [0.29, 0.717) is 19.8 Å². The van der Waals surface area contributed by atoms with E-state index in [9.17, 15) is 0 Å². The van der Waals surface area contributed by atoms with Gasteiger partial charge in [0.25, 0.3) is 0 Å². The summed E-state index contributed by atoms with van der Waals surface area (Å²) in [4.78, 5) is 0. The fraction of sp³-hybridized carbons (Fsp3) is 1.00. The molecule has 0 atom stereocenters. The molecule has 3 nitrogen and oxygen atoms in total. The van der Waals surface area contributed by atoms with Gasteiger partial charge in [0, 0.05) is 19.8 Å². The van der Waals surface area contributed by atoms with Crippen molar-refractivity contribution in [2.45, 2.75) is 116 Å². The Hall–Kier alpha value is 0.310. The molecule has 0 aliphatic heterocycles. The first-order chi connectivity index (χ1) is 13.8. The summed E-state index contributed by atoms with van der Waals surface area (Å²) < 4.78 is 0. The monoisotopic (exact) mass is 418 g/mol. The van der Waals surface area contributed by atoms with E-state index >= 15 is 0 Å². The van der Waals surface area contributed by atoms with Crippen LogP contribution in [-0.2, 0) is 0 Å². The van der Waals surface area contributed by atoms with Crippen LogP contribution in [-0.4, -0.2) is 53.6 Å². The molecule has 28 heavy (non-hydrogen) atoms. The molecule has 0 unspecified atom stereocenters. The lowest BCUT2D eigenvalue weighted by Gasteiger charge is -2.18. The van der Waals surface area contributed by atoms with Gasteiger partial charge >= 0.3 is 0 Å². The highest BCUT2D eigenvalue weighted by molar-refractivity contribution is 7.57. The minimum atomic E-state index is 0.237. The highest BCUT2D eigenvalue weighted by atomic mass is 31.1. The third kappa shape index (κ3) is 22.6. The molecular weight excluding hydrogens is 367 g/mol. The molecule has 3 N–H and O–H groups in total. The molecule has 170 valence electrons. The molecule has 0 aromatic carbocycles. The standard InChI is InChI=1S/C24H51O3P/c25-19-13-7-1-4-10-16-22-28(23-17-11-5-2-8-14-20-26)24-18-12-6-3-9-15-21-27/h25-27H,1-24H2. The van der Waals surface area contributed by atoms with Gasteiger partial charge in [0.1, 0.15) is 0 Å². The van der Waals surface area contributed by atoms with Gasteiger partial charge in [0.05, 0.1) is 0 Å². The van der Waals surface area contributed by atoms with Crippen molar-refractivity contribution in [2.24, 2.45) is 0 Å². The first-order valence-corrected chi connectivity index (χ1v) is 14.3. The molecule has 0 bridgehead atoms. The normalized spacial score (nSPS) is 11.6. The second kappa shape index (κ2) is 25.3. The molecule has 0 spiro atoms. The third-order valence-electron chi connectivity index (χ3n) is 5.65. The minimum Gasteiger partial charge on any atom is -0.396 e. The average Bonchev–Trinajstić information content (AvgIpc) is 2.71. The molecule has 0 radical (unpaired) electrons. The SMILES string of the molecule is OCCCCCCCCP(CCCCCCCCO)CCCCCCCCO. The second-order valence-corrected chi connectivity index (χ2v) is 11.1. The van der Waals surface area contributed by atoms with Crippen LogP contribution >= 0.6 is 7.92 Å². The van der Waals surface area contributed by atoms with Crippen LogP contribution in [0.5, 0.6) is 0 Å². The molecule has 4 heteroatoms. The minimum absolute atomic E-state index is 0.237. The zero-order chi connectivity index (χ0) is 20.5. The van der Waals surface area contributed by atoms with Crippen molar-refractivity contribution in [1.29, 1.82) is 0 Å². The molecule has 0 aliphatic rings. The highest BCUT2D eigenvalue weighted by Gasteiger charge is 2.08. The number of rotatable bonds is 24. The molecule has 0 aromatic heterocycles. The van der Waals surface area contributed by atoms with E-state index in [4.69, 9.17) is 15.3 Å². The molecule has 0 rings (SSSR count). The predicted molar refractivity (Wildman–Crippen MR) is 126 cm³/mol. The van der Waals surface area contributed by atoms with Crippen LogP contribution < -0.4 is 0 Å². The Kier molecular flexibility index (Phi) is 25.6. The largest absolute Gasteiger partial charge is 0.396 e. The van der Waals surface area contributed by atoms with E-state index < -0.39 is 0 Å². The van der Waals surface area contributed by atoms with Crippen LogP contribution in [0.25, 0.3) is 0 Å². The Morgan fingerprint density at radius 2 is 0.500 bits per heavy atom. The number of aliphatic hydroxyl groups excluding tert-OH is 3. The van der Waals surface area contributed by atoms with Gasteiger partial charge in [-0.15, -0.1) is 7.92 Å². The van der Waals surface area contributed by atoms with E-state index in [0.717, 1.165) is 19.3 Å². The van der Waals surface area contributed by atoms with E-state index in [1.54, 1.807) is 0 Å². The lowest BCUT2D eigenvalue weighted by atomic mass is 10.1. The van der Waals surface area contributed by atoms with Crippen LogP contribution in [0.15, 0.2) is 0 Å². The molecule has 0 fully saturated rings. The van der Waals surface area contributed by atoms with Crippen molar-refractivity contribution >= 4 is 7.92 Å². The van der Waals surface area contributed by atoms with Crippen molar-refractivity contribution in [2.75, 3.05) is 38.3 Å². The Labute approximate surface area is 177 Å². The zero-order valence-electron chi connectivity index (χ0n) is 18.8. The highest BCUT2D eigenvalue weighted by Crippen LogP contribution is 2.39. The Balaban J connectivity index is 3.80. The molecule has 0 saturated heterocycles. The molecule has 0 amide bonds. The second-order valence-electron chi connectivity index (χ2n) is 8.38. The van der Waals surface area contributed by atoms with Crippen LogP contribution in [0, 0.1) is 0 Å². The van der Waals surface area contributed by atoms with Gasteiger partial charge in [-0.05, 0) is 57.0 Å². The smallest absolute Gasteiger partial charge is 0.0431 e. The molecule has 0 heterocycles. The van der Waals surface area contributed by atoms with Gasteiger partial charge in [0.15, 0.2) is 0 Å². The summed E-state index contributed by atoms with van der Waals surface area (Å²) >= 11 is 0. The average molecular weight is 419 g/mol. The zero-order valence-corrected chi connectivity index (χ0v) is 19.7. The maximum Gasteiger partial charge on any atom is 0.0431 e. The Morgan fingerprint density at radius 1 is 0.286 bits per heavy atom.